The Kier molecular flexibility index (Phi) is 6.46. The maximum Gasteiger partial charge on any atom is 0.240 e. The number of benzene rings is 2. The van der Waals surface area contributed by atoms with Gasteiger partial charge in [-0.25, -0.2) is 9.97 Å². The van der Waals surface area contributed by atoms with E-state index in [2.05, 4.69) is 20.6 Å². The van der Waals surface area contributed by atoms with Gasteiger partial charge in [0.25, 0.3) is 0 Å². The first kappa shape index (κ1) is 20.3. The Morgan fingerprint density at radius 3 is 2.72 bits per heavy atom. The Balaban J connectivity index is 2.12. The molecular weight excluding hydrogens is 370 g/mol. The molecule has 0 saturated carbocycles. The molecule has 2 aromatic carbocycles. The van der Waals surface area contributed by atoms with Crippen LogP contribution in [-0.2, 0) is 9.53 Å². The van der Waals surface area contributed by atoms with Gasteiger partial charge in [-0.15, -0.1) is 0 Å². The van der Waals surface area contributed by atoms with E-state index < -0.39 is 11.9 Å². The van der Waals surface area contributed by atoms with Crippen LogP contribution in [0.2, 0.25) is 0 Å². The summed E-state index contributed by atoms with van der Waals surface area (Å²) in [4.78, 5) is 20.6. The number of primary amides is 1. The molecule has 4 N–H and O–H groups in total. The molecule has 152 valence electrons. The maximum atomic E-state index is 12.0. The fraction of sp³-hybridized carbons (Fsp3) is 0.286. The molecule has 3 rings (SSSR count). The highest BCUT2D eigenvalue weighted by atomic mass is 16.5. The van der Waals surface area contributed by atoms with Gasteiger partial charge in [-0.05, 0) is 42.1 Å². The Morgan fingerprint density at radius 2 is 2.03 bits per heavy atom. The molecule has 1 atom stereocenters. The van der Waals surface area contributed by atoms with Gasteiger partial charge < -0.3 is 25.8 Å². The molecule has 1 aromatic heterocycles. The minimum absolute atomic E-state index is 0.416. The Bertz CT molecular complexity index is 1010. The summed E-state index contributed by atoms with van der Waals surface area (Å²) >= 11 is 0. The lowest BCUT2D eigenvalue weighted by Crippen LogP contribution is -2.36. The number of nitrogens with zero attached hydrogens (tertiary/aromatic N) is 2. The zero-order chi connectivity index (χ0) is 20.8. The predicted molar refractivity (Wildman–Crippen MR) is 114 cm³/mol. The van der Waals surface area contributed by atoms with Crippen LogP contribution in [0.15, 0.2) is 42.6 Å². The van der Waals surface area contributed by atoms with Crippen molar-refractivity contribution in [3.05, 3.63) is 42.6 Å². The molecule has 0 aliphatic heterocycles. The summed E-state index contributed by atoms with van der Waals surface area (Å²) in [5, 5.41) is 8.12. The third-order valence-corrected chi connectivity index (χ3v) is 4.62. The number of rotatable bonds is 9. The topological polar surface area (TPSA) is 111 Å². The molecule has 8 nitrogen and oxygen atoms in total. The lowest BCUT2D eigenvalue weighted by atomic mass is 10.0. The summed E-state index contributed by atoms with van der Waals surface area (Å²) in [7, 11) is 4.98. The van der Waals surface area contributed by atoms with Crippen molar-refractivity contribution in [2.24, 2.45) is 5.73 Å². The van der Waals surface area contributed by atoms with Gasteiger partial charge in [0.2, 0.25) is 11.9 Å². The van der Waals surface area contributed by atoms with Gasteiger partial charge in [-0.3, -0.25) is 4.79 Å². The normalized spacial score (nSPS) is 11.8. The third kappa shape index (κ3) is 4.72. The molecular formula is C21H25N5O3. The second-order valence-corrected chi connectivity index (χ2v) is 6.51. The second kappa shape index (κ2) is 9.20. The fourth-order valence-electron chi connectivity index (χ4n) is 3.08. The van der Waals surface area contributed by atoms with Crippen LogP contribution in [0, 0.1) is 0 Å². The van der Waals surface area contributed by atoms with Gasteiger partial charge in [-0.1, -0.05) is 6.07 Å². The number of aromatic nitrogens is 2. The van der Waals surface area contributed by atoms with Gasteiger partial charge in [0.05, 0.1) is 12.8 Å². The number of ether oxygens (including phenoxy) is 2. The fourth-order valence-corrected chi connectivity index (χ4v) is 3.08. The second-order valence-electron chi connectivity index (χ2n) is 6.51. The Morgan fingerprint density at radius 1 is 1.21 bits per heavy atom. The van der Waals surface area contributed by atoms with Crippen molar-refractivity contribution in [2.75, 3.05) is 38.5 Å². The molecule has 0 aliphatic rings. The highest BCUT2D eigenvalue weighted by molar-refractivity contribution is 5.99. The molecule has 1 amide bonds. The smallest absolute Gasteiger partial charge is 0.240 e. The van der Waals surface area contributed by atoms with Gasteiger partial charge >= 0.3 is 0 Å². The largest absolute Gasteiger partial charge is 0.497 e. The van der Waals surface area contributed by atoms with Crippen LogP contribution in [0.4, 0.5) is 11.6 Å². The molecule has 0 aliphatic carbocycles. The number of carbonyl (C=O) groups is 1. The van der Waals surface area contributed by atoms with E-state index in [1.807, 2.05) is 36.4 Å². The quantitative estimate of drug-likeness (QED) is 0.511. The van der Waals surface area contributed by atoms with E-state index >= 15 is 0 Å². The van der Waals surface area contributed by atoms with Gasteiger partial charge in [0.15, 0.2) is 0 Å². The molecule has 0 bridgehead atoms. The Labute approximate surface area is 169 Å². The highest BCUT2D eigenvalue weighted by Crippen LogP contribution is 2.33. The number of hydrogen-bond donors (Lipinski definition) is 3. The average molecular weight is 395 g/mol. The number of carbonyl (C=O) groups excluding carboxylic acids is 1. The summed E-state index contributed by atoms with van der Waals surface area (Å²) < 4.78 is 10.5. The molecule has 1 unspecified atom stereocenters. The minimum atomic E-state index is -0.571. The van der Waals surface area contributed by atoms with Gasteiger partial charge in [-0.2, -0.15) is 0 Å². The monoisotopic (exact) mass is 395 g/mol. The van der Waals surface area contributed by atoms with E-state index in [1.54, 1.807) is 27.5 Å². The summed E-state index contributed by atoms with van der Waals surface area (Å²) in [5.74, 6) is 0.810. The standard InChI is InChI=1S/C21H25N5O3/c1-23-21-24-8-6-17(26-21)14-10-13-4-5-15(29-3)12-16(13)19(11-14)25-18(20(22)27)7-9-28-2/h4-6,8,10-12,18,25H,7,9H2,1-3H3,(H2,22,27)(H,23,24,26). The predicted octanol–water partition coefficient (Wildman–Crippen LogP) is 2.65. The van der Waals surface area contributed by atoms with E-state index in [4.69, 9.17) is 15.2 Å². The van der Waals surface area contributed by atoms with Gasteiger partial charge in [0.1, 0.15) is 11.8 Å². The summed E-state index contributed by atoms with van der Waals surface area (Å²) in [6.07, 6.45) is 2.16. The van der Waals surface area contributed by atoms with Crippen LogP contribution >= 0.6 is 0 Å². The van der Waals surface area contributed by atoms with Crippen LogP contribution < -0.4 is 21.1 Å². The average Bonchev–Trinajstić information content (AvgIpc) is 2.75. The van der Waals surface area contributed by atoms with Crippen LogP contribution in [0.25, 0.3) is 22.0 Å². The van der Waals surface area contributed by atoms with Crippen LogP contribution in [-0.4, -0.2) is 49.8 Å². The first-order valence-corrected chi connectivity index (χ1v) is 9.23. The lowest BCUT2D eigenvalue weighted by molar-refractivity contribution is -0.119. The van der Waals surface area contributed by atoms with Crippen molar-refractivity contribution >= 4 is 28.3 Å². The maximum absolute atomic E-state index is 12.0. The zero-order valence-electron chi connectivity index (χ0n) is 16.7. The number of fused-ring (bicyclic) bond motifs is 1. The molecule has 8 heteroatoms. The number of methoxy groups -OCH3 is 2. The summed E-state index contributed by atoms with van der Waals surface area (Å²) in [6.45, 7) is 0.416. The van der Waals surface area contributed by atoms with Crippen LogP contribution in [0.3, 0.4) is 0 Å². The minimum Gasteiger partial charge on any atom is -0.497 e. The lowest BCUT2D eigenvalue weighted by Gasteiger charge is -2.19. The van der Waals surface area contributed by atoms with E-state index in [0.717, 1.165) is 33.5 Å². The van der Waals surface area contributed by atoms with Crippen molar-refractivity contribution in [3.63, 3.8) is 0 Å². The van der Waals surface area contributed by atoms with Crippen molar-refractivity contribution in [3.8, 4) is 17.0 Å². The Hall–Kier alpha value is -3.39. The van der Waals surface area contributed by atoms with E-state index in [9.17, 15) is 4.79 Å². The first-order chi connectivity index (χ1) is 14.0. The van der Waals surface area contributed by atoms with Crippen molar-refractivity contribution < 1.29 is 14.3 Å². The molecule has 0 spiro atoms. The zero-order valence-corrected chi connectivity index (χ0v) is 16.7. The highest BCUT2D eigenvalue weighted by Gasteiger charge is 2.17. The van der Waals surface area contributed by atoms with Crippen molar-refractivity contribution in [2.45, 2.75) is 12.5 Å². The van der Waals surface area contributed by atoms with Crippen LogP contribution in [0.5, 0.6) is 5.75 Å². The number of nitrogens with one attached hydrogen (secondary N) is 2. The number of nitrogens with two attached hydrogens (primary N) is 1. The van der Waals surface area contributed by atoms with E-state index in [1.165, 1.54) is 0 Å². The van der Waals surface area contributed by atoms with Crippen molar-refractivity contribution in [1.29, 1.82) is 0 Å². The van der Waals surface area contributed by atoms with Gasteiger partial charge in [0, 0.05) is 43.6 Å². The number of hydrogen-bond acceptors (Lipinski definition) is 7. The van der Waals surface area contributed by atoms with E-state index in [-0.39, 0.29) is 0 Å². The van der Waals surface area contributed by atoms with Crippen LogP contribution in [0.1, 0.15) is 6.42 Å². The molecule has 0 fully saturated rings. The number of amides is 1. The molecule has 0 radical (unpaired) electrons. The summed E-state index contributed by atoms with van der Waals surface area (Å²) in [5.41, 5.74) is 8.02. The molecule has 1 heterocycles. The molecule has 0 saturated heterocycles. The molecule has 3 aromatic rings. The first-order valence-electron chi connectivity index (χ1n) is 9.23. The van der Waals surface area contributed by atoms with Crippen molar-refractivity contribution in [1.82, 2.24) is 9.97 Å². The summed E-state index contributed by atoms with van der Waals surface area (Å²) in [6, 6.07) is 11.0. The number of anilines is 2. The SMILES string of the molecule is CNc1nccc(-c2cc(NC(CCOC)C(N)=O)c3cc(OC)ccc3c2)n1. The van der Waals surface area contributed by atoms with E-state index in [0.29, 0.717) is 19.0 Å². The third-order valence-electron chi connectivity index (χ3n) is 4.62. The molecule has 29 heavy (non-hydrogen) atoms.